The predicted molar refractivity (Wildman–Crippen MR) is 75.2 cm³/mol. The molecule has 5 nitrogen and oxygen atoms in total. The van der Waals surface area contributed by atoms with E-state index in [2.05, 4.69) is 9.71 Å². The monoisotopic (exact) mass is 324 g/mol. The standard InChI is InChI=1S/C11H17ClN2O3S2/c1-3-9-8(4-5-17-9)6-13-19(15,16)10-7(2)14-11(12)18-10/h8-9,13H,3-6H2,1-2H3. The van der Waals surface area contributed by atoms with Crippen LogP contribution in [-0.2, 0) is 14.8 Å². The van der Waals surface area contributed by atoms with Crippen LogP contribution in [-0.4, -0.2) is 32.7 Å². The van der Waals surface area contributed by atoms with E-state index in [1.165, 1.54) is 0 Å². The zero-order valence-corrected chi connectivity index (χ0v) is 13.2. The average Bonchev–Trinajstić information content (AvgIpc) is 2.93. The first-order chi connectivity index (χ1) is 8.94. The fourth-order valence-electron chi connectivity index (χ4n) is 2.26. The Kier molecular flexibility index (Phi) is 4.84. The van der Waals surface area contributed by atoms with Crippen molar-refractivity contribution in [2.24, 2.45) is 5.92 Å². The third-order valence-electron chi connectivity index (χ3n) is 3.26. The van der Waals surface area contributed by atoms with Crippen LogP contribution in [0.25, 0.3) is 0 Å². The van der Waals surface area contributed by atoms with Crippen LogP contribution in [0.5, 0.6) is 0 Å². The van der Waals surface area contributed by atoms with Gasteiger partial charge >= 0.3 is 0 Å². The molecule has 1 saturated heterocycles. The molecule has 2 unspecified atom stereocenters. The van der Waals surface area contributed by atoms with Crippen molar-refractivity contribution in [1.82, 2.24) is 9.71 Å². The van der Waals surface area contributed by atoms with Crippen molar-refractivity contribution >= 4 is 33.0 Å². The number of ether oxygens (including phenoxy) is 1. The molecular weight excluding hydrogens is 308 g/mol. The maximum absolute atomic E-state index is 12.2. The molecule has 0 saturated carbocycles. The van der Waals surface area contributed by atoms with E-state index in [0.29, 0.717) is 18.8 Å². The first-order valence-electron chi connectivity index (χ1n) is 6.18. The highest BCUT2D eigenvalue weighted by Crippen LogP contribution is 2.27. The number of aromatic nitrogens is 1. The van der Waals surface area contributed by atoms with E-state index in [9.17, 15) is 8.42 Å². The molecule has 1 aliphatic heterocycles. The van der Waals surface area contributed by atoms with E-state index >= 15 is 0 Å². The van der Waals surface area contributed by atoms with Gasteiger partial charge in [0.1, 0.15) is 0 Å². The van der Waals surface area contributed by atoms with Crippen LogP contribution in [0.3, 0.4) is 0 Å². The number of hydrogen-bond donors (Lipinski definition) is 1. The van der Waals surface area contributed by atoms with Gasteiger partial charge in [0.15, 0.2) is 8.68 Å². The van der Waals surface area contributed by atoms with Crippen molar-refractivity contribution in [2.45, 2.75) is 37.0 Å². The first kappa shape index (κ1) is 15.2. The number of sulfonamides is 1. The van der Waals surface area contributed by atoms with Gasteiger partial charge in [0.25, 0.3) is 10.0 Å². The highest BCUT2D eigenvalue weighted by molar-refractivity contribution is 7.91. The average molecular weight is 325 g/mol. The second-order valence-corrected chi connectivity index (χ2v) is 8.10. The molecule has 0 aromatic carbocycles. The molecule has 1 aromatic rings. The van der Waals surface area contributed by atoms with Crippen LogP contribution in [0.2, 0.25) is 4.47 Å². The van der Waals surface area contributed by atoms with Gasteiger partial charge in [-0.15, -0.1) is 0 Å². The molecule has 108 valence electrons. The maximum atomic E-state index is 12.2. The molecule has 1 N–H and O–H groups in total. The smallest absolute Gasteiger partial charge is 0.251 e. The molecule has 1 aliphatic rings. The van der Waals surface area contributed by atoms with E-state index < -0.39 is 10.0 Å². The van der Waals surface area contributed by atoms with Gasteiger partial charge < -0.3 is 4.74 Å². The van der Waals surface area contributed by atoms with Crippen LogP contribution >= 0.6 is 22.9 Å². The highest BCUT2D eigenvalue weighted by Gasteiger charge is 2.29. The molecule has 2 rings (SSSR count). The van der Waals surface area contributed by atoms with Crippen LogP contribution in [0.1, 0.15) is 25.5 Å². The summed E-state index contributed by atoms with van der Waals surface area (Å²) < 4.78 is 33.0. The normalized spacial score (nSPS) is 23.9. The second kappa shape index (κ2) is 6.05. The molecule has 19 heavy (non-hydrogen) atoms. The molecule has 0 radical (unpaired) electrons. The number of aryl methyl sites for hydroxylation is 1. The van der Waals surface area contributed by atoms with E-state index in [1.807, 2.05) is 6.92 Å². The van der Waals surface area contributed by atoms with E-state index in [-0.39, 0.29) is 20.7 Å². The second-order valence-electron chi connectivity index (χ2n) is 4.56. The molecule has 1 aromatic heterocycles. The molecular formula is C11H17ClN2O3S2. The van der Waals surface area contributed by atoms with Crippen LogP contribution in [0, 0.1) is 12.8 Å². The summed E-state index contributed by atoms with van der Waals surface area (Å²) in [4.78, 5) is 3.93. The zero-order valence-electron chi connectivity index (χ0n) is 10.8. The molecule has 0 amide bonds. The molecule has 0 aliphatic carbocycles. The Hall–Kier alpha value is -0.210. The van der Waals surface area contributed by atoms with Gasteiger partial charge in [-0.25, -0.2) is 18.1 Å². The molecule has 1 fully saturated rings. The molecule has 2 atom stereocenters. The van der Waals surface area contributed by atoms with Crippen LogP contribution in [0.15, 0.2) is 4.21 Å². The minimum atomic E-state index is -3.52. The number of thiazole rings is 1. The lowest BCUT2D eigenvalue weighted by Gasteiger charge is -2.16. The van der Waals surface area contributed by atoms with E-state index in [4.69, 9.17) is 16.3 Å². The quantitative estimate of drug-likeness (QED) is 0.901. The molecule has 0 spiro atoms. The van der Waals surface area contributed by atoms with Gasteiger partial charge in [0.05, 0.1) is 11.8 Å². The number of hydrogen-bond acceptors (Lipinski definition) is 5. The van der Waals surface area contributed by atoms with Gasteiger partial charge in [-0.05, 0) is 19.8 Å². The van der Waals surface area contributed by atoms with Crippen molar-refractivity contribution in [1.29, 1.82) is 0 Å². The summed E-state index contributed by atoms with van der Waals surface area (Å²) in [6.07, 6.45) is 1.94. The Morgan fingerprint density at radius 1 is 1.58 bits per heavy atom. The number of nitrogens with one attached hydrogen (secondary N) is 1. The van der Waals surface area contributed by atoms with Crippen molar-refractivity contribution in [3.63, 3.8) is 0 Å². The Morgan fingerprint density at radius 3 is 2.89 bits per heavy atom. The van der Waals surface area contributed by atoms with Gasteiger partial charge in [0, 0.05) is 19.1 Å². The van der Waals surface area contributed by atoms with E-state index in [1.54, 1.807) is 6.92 Å². The van der Waals surface area contributed by atoms with Crippen LogP contribution in [0.4, 0.5) is 0 Å². The predicted octanol–water partition coefficient (Wildman–Crippen LogP) is 2.20. The summed E-state index contributed by atoms with van der Waals surface area (Å²) in [5.41, 5.74) is 0.442. The molecule has 0 bridgehead atoms. The molecule has 8 heteroatoms. The van der Waals surface area contributed by atoms with Gasteiger partial charge in [-0.2, -0.15) is 0 Å². The minimum absolute atomic E-state index is 0.147. The molecule has 2 heterocycles. The van der Waals surface area contributed by atoms with E-state index in [0.717, 1.165) is 24.2 Å². The van der Waals surface area contributed by atoms with Crippen molar-refractivity contribution in [3.8, 4) is 0 Å². The fraction of sp³-hybridized carbons (Fsp3) is 0.727. The lowest BCUT2D eigenvalue weighted by atomic mass is 10.0. The summed E-state index contributed by atoms with van der Waals surface area (Å²) in [5, 5.41) is 0. The highest BCUT2D eigenvalue weighted by atomic mass is 35.5. The largest absolute Gasteiger partial charge is 0.378 e. The summed E-state index contributed by atoms with van der Waals surface area (Å²) >= 11 is 6.72. The maximum Gasteiger partial charge on any atom is 0.251 e. The lowest BCUT2D eigenvalue weighted by molar-refractivity contribution is 0.0884. The topological polar surface area (TPSA) is 68.3 Å². The lowest BCUT2D eigenvalue weighted by Crippen LogP contribution is -2.32. The summed E-state index contributed by atoms with van der Waals surface area (Å²) in [7, 11) is -3.52. The summed E-state index contributed by atoms with van der Waals surface area (Å²) in [5.74, 6) is 0.239. The Balaban J connectivity index is 2.04. The third-order valence-corrected chi connectivity index (χ3v) is 6.55. The van der Waals surface area contributed by atoms with Crippen molar-refractivity contribution in [2.75, 3.05) is 13.2 Å². The first-order valence-corrected chi connectivity index (χ1v) is 8.86. The summed E-state index contributed by atoms with van der Waals surface area (Å²) in [6.45, 7) is 4.79. The zero-order chi connectivity index (χ0) is 14.0. The number of rotatable bonds is 5. The Bertz CT molecular complexity index is 544. The minimum Gasteiger partial charge on any atom is -0.378 e. The Labute approximate surface area is 122 Å². The number of nitrogens with zero attached hydrogens (tertiary/aromatic N) is 1. The fourth-order valence-corrected chi connectivity index (χ4v) is 5.14. The van der Waals surface area contributed by atoms with Gasteiger partial charge in [-0.3, -0.25) is 0 Å². The number of halogens is 1. The van der Waals surface area contributed by atoms with Crippen molar-refractivity contribution < 1.29 is 13.2 Å². The van der Waals surface area contributed by atoms with Gasteiger partial charge in [0.2, 0.25) is 0 Å². The Morgan fingerprint density at radius 2 is 2.32 bits per heavy atom. The van der Waals surface area contributed by atoms with Gasteiger partial charge in [-0.1, -0.05) is 29.9 Å². The van der Waals surface area contributed by atoms with Crippen LogP contribution < -0.4 is 4.72 Å². The third kappa shape index (κ3) is 3.46. The van der Waals surface area contributed by atoms with Crippen molar-refractivity contribution in [3.05, 3.63) is 10.2 Å². The summed E-state index contributed by atoms with van der Waals surface area (Å²) in [6, 6.07) is 0. The SMILES string of the molecule is CCC1OCCC1CNS(=O)(=O)c1sc(Cl)nc1C.